The zero-order valence-corrected chi connectivity index (χ0v) is 15.9. The molecule has 5 nitrogen and oxygen atoms in total. The number of thiazole rings is 1. The number of hydrogen-bond donors (Lipinski definition) is 1. The van der Waals surface area contributed by atoms with E-state index in [0.717, 1.165) is 49.3 Å². The molecule has 3 aliphatic rings. The van der Waals surface area contributed by atoms with Crippen molar-refractivity contribution >= 4 is 28.2 Å². The zero-order valence-electron chi connectivity index (χ0n) is 15.1. The first-order valence-electron chi connectivity index (χ1n) is 9.73. The number of rotatable bonds is 3. The summed E-state index contributed by atoms with van der Waals surface area (Å²) in [5.41, 5.74) is 3.14. The molecule has 5 rings (SSSR count). The lowest BCUT2D eigenvalue weighted by atomic mass is 9.67. The Morgan fingerprint density at radius 1 is 1.22 bits per heavy atom. The summed E-state index contributed by atoms with van der Waals surface area (Å²) >= 11 is 1.45. The van der Waals surface area contributed by atoms with Crippen molar-refractivity contribution in [2.24, 2.45) is 17.8 Å². The van der Waals surface area contributed by atoms with E-state index in [0.29, 0.717) is 23.8 Å². The van der Waals surface area contributed by atoms with Gasteiger partial charge < -0.3 is 10.1 Å². The van der Waals surface area contributed by atoms with Crippen molar-refractivity contribution in [3.8, 4) is 17.0 Å². The summed E-state index contributed by atoms with van der Waals surface area (Å²) in [6.45, 7) is 0.739. The maximum atomic E-state index is 12.7. The molecule has 1 amide bonds. The van der Waals surface area contributed by atoms with Crippen LogP contribution in [0.5, 0.6) is 5.75 Å². The maximum absolute atomic E-state index is 12.7. The van der Waals surface area contributed by atoms with Crippen LogP contribution in [0.4, 0.5) is 5.13 Å². The number of anilines is 1. The second kappa shape index (κ2) is 6.75. The van der Waals surface area contributed by atoms with Crippen molar-refractivity contribution in [3.05, 3.63) is 29.1 Å². The molecule has 1 aromatic heterocycles. The Morgan fingerprint density at radius 3 is 2.85 bits per heavy atom. The molecular weight excluding hydrogens is 360 g/mol. The fourth-order valence-electron chi connectivity index (χ4n) is 4.71. The van der Waals surface area contributed by atoms with E-state index >= 15 is 0 Å². The largest absolute Gasteiger partial charge is 0.493 e. The molecule has 1 aromatic carbocycles. The van der Waals surface area contributed by atoms with Crippen LogP contribution in [0.15, 0.2) is 23.6 Å². The minimum Gasteiger partial charge on any atom is -0.493 e. The summed E-state index contributed by atoms with van der Waals surface area (Å²) in [4.78, 5) is 29.6. The average molecular weight is 382 g/mol. The standard InChI is InChI=1S/C21H22N2O3S/c24-19-14-2-1-3-15(19)10-16(9-14)20(25)23-21-22-17(11-27-21)12-4-5-18-13(8-12)6-7-26-18/h4-5,8,11,14-16H,1-3,6-7,9-10H2,(H,22,23,25). The number of fused-ring (bicyclic) bond motifs is 3. The number of carbonyl (C=O) groups is 2. The Morgan fingerprint density at radius 2 is 2.04 bits per heavy atom. The molecule has 2 bridgehead atoms. The van der Waals surface area contributed by atoms with Gasteiger partial charge in [-0.15, -0.1) is 11.3 Å². The highest BCUT2D eigenvalue weighted by molar-refractivity contribution is 7.14. The first-order valence-corrected chi connectivity index (χ1v) is 10.6. The molecule has 27 heavy (non-hydrogen) atoms. The number of amides is 1. The van der Waals surface area contributed by atoms with Crippen molar-refractivity contribution in [1.29, 1.82) is 0 Å². The summed E-state index contributed by atoms with van der Waals surface area (Å²) in [6.07, 6.45) is 5.34. The summed E-state index contributed by atoms with van der Waals surface area (Å²) in [5.74, 6) is 1.48. The molecule has 0 radical (unpaired) electrons. The SMILES string of the molecule is O=C(Nc1nc(-c2ccc3c(c2)CCO3)cs1)C1CC2CCCC(C1)C2=O. The number of hydrogen-bond acceptors (Lipinski definition) is 5. The quantitative estimate of drug-likeness (QED) is 0.869. The van der Waals surface area contributed by atoms with Crippen LogP contribution in [-0.2, 0) is 16.0 Å². The molecular formula is C21H22N2O3S. The third-order valence-electron chi connectivity index (χ3n) is 6.14. The van der Waals surface area contributed by atoms with Gasteiger partial charge in [-0.25, -0.2) is 4.98 Å². The first kappa shape index (κ1) is 16.9. The monoisotopic (exact) mass is 382 g/mol. The number of carbonyl (C=O) groups excluding carboxylic acids is 2. The van der Waals surface area contributed by atoms with Gasteiger partial charge in [0, 0.05) is 35.1 Å². The number of ketones is 1. The molecule has 6 heteroatoms. The second-order valence-electron chi connectivity index (χ2n) is 7.84. The van der Waals surface area contributed by atoms with Crippen molar-refractivity contribution in [1.82, 2.24) is 4.98 Å². The fraction of sp³-hybridized carbons (Fsp3) is 0.476. The number of nitrogens with zero attached hydrogens (tertiary/aromatic N) is 1. The van der Waals surface area contributed by atoms with Crippen LogP contribution in [0.3, 0.4) is 0 Å². The summed E-state index contributed by atoms with van der Waals surface area (Å²) in [5, 5.41) is 5.60. The van der Waals surface area contributed by atoms with Gasteiger partial charge in [0.15, 0.2) is 5.13 Å². The van der Waals surface area contributed by atoms with Gasteiger partial charge in [0.1, 0.15) is 11.5 Å². The first-order chi connectivity index (χ1) is 13.2. The molecule has 2 fully saturated rings. The van der Waals surface area contributed by atoms with Gasteiger partial charge in [-0.2, -0.15) is 0 Å². The minimum atomic E-state index is -0.0671. The van der Waals surface area contributed by atoms with Crippen LogP contribution in [0.2, 0.25) is 0 Å². The molecule has 1 N–H and O–H groups in total. The van der Waals surface area contributed by atoms with Crippen molar-refractivity contribution < 1.29 is 14.3 Å². The highest BCUT2D eigenvalue weighted by Gasteiger charge is 2.41. The van der Waals surface area contributed by atoms with Crippen LogP contribution in [0.25, 0.3) is 11.3 Å². The highest BCUT2D eigenvalue weighted by atomic mass is 32.1. The molecule has 2 atom stereocenters. The van der Waals surface area contributed by atoms with Gasteiger partial charge in [0.2, 0.25) is 5.91 Å². The van der Waals surface area contributed by atoms with E-state index in [-0.39, 0.29) is 23.7 Å². The predicted molar refractivity (Wildman–Crippen MR) is 104 cm³/mol. The van der Waals surface area contributed by atoms with Crippen LogP contribution in [-0.4, -0.2) is 23.3 Å². The van der Waals surface area contributed by atoms with Crippen LogP contribution < -0.4 is 10.1 Å². The Balaban J connectivity index is 1.28. The third kappa shape index (κ3) is 3.16. The van der Waals surface area contributed by atoms with E-state index in [1.54, 1.807) is 0 Å². The molecule has 140 valence electrons. The second-order valence-corrected chi connectivity index (χ2v) is 8.70. The van der Waals surface area contributed by atoms with E-state index in [2.05, 4.69) is 16.4 Å². The Kier molecular flexibility index (Phi) is 4.23. The molecule has 2 unspecified atom stereocenters. The lowest BCUT2D eigenvalue weighted by Crippen LogP contribution is -2.40. The van der Waals surface area contributed by atoms with Gasteiger partial charge in [0.25, 0.3) is 0 Å². The smallest absolute Gasteiger partial charge is 0.229 e. The van der Waals surface area contributed by atoms with Crippen LogP contribution in [0, 0.1) is 17.8 Å². The van der Waals surface area contributed by atoms with Gasteiger partial charge in [-0.3, -0.25) is 9.59 Å². The van der Waals surface area contributed by atoms with Gasteiger partial charge in [-0.1, -0.05) is 6.42 Å². The normalized spacial score (nSPS) is 26.4. The third-order valence-corrected chi connectivity index (χ3v) is 6.90. The Bertz CT molecular complexity index is 891. The Hall–Kier alpha value is -2.21. The minimum absolute atomic E-state index is 0.0163. The summed E-state index contributed by atoms with van der Waals surface area (Å²) in [7, 11) is 0. The molecule has 2 heterocycles. The molecule has 0 saturated heterocycles. The molecule has 2 saturated carbocycles. The lowest BCUT2D eigenvalue weighted by Gasteiger charge is -2.36. The van der Waals surface area contributed by atoms with Gasteiger partial charge in [-0.05, 0) is 49.4 Å². The summed E-state index contributed by atoms with van der Waals surface area (Å²) in [6, 6.07) is 6.13. The fourth-order valence-corrected chi connectivity index (χ4v) is 5.43. The lowest BCUT2D eigenvalue weighted by molar-refractivity contribution is -0.136. The van der Waals surface area contributed by atoms with Crippen LogP contribution in [0.1, 0.15) is 37.7 Å². The summed E-state index contributed by atoms with van der Waals surface area (Å²) < 4.78 is 5.55. The molecule has 2 aromatic rings. The molecule has 2 aliphatic carbocycles. The number of aromatic nitrogens is 1. The number of Topliss-reactive ketones (excluding diaryl/α,β-unsaturated/α-hetero) is 1. The van der Waals surface area contributed by atoms with Crippen molar-refractivity contribution in [2.45, 2.75) is 38.5 Å². The van der Waals surface area contributed by atoms with Gasteiger partial charge in [0.05, 0.1) is 12.3 Å². The van der Waals surface area contributed by atoms with E-state index in [1.165, 1.54) is 16.9 Å². The predicted octanol–water partition coefficient (Wildman–Crippen LogP) is 4.08. The van der Waals surface area contributed by atoms with Crippen molar-refractivity contribution in [2.75, 3.05) is 11.9 Å². The topological polar surface area (TPSA) is 68.3 Å². The number of ether oxygens (including phenoxy) is 1. The van der Waals surface area contributed by atoms with E-state index in [4.69, 9.17) is 4.74 Å². The Labute approximate surface area is 162 Å². The highest BCUT2D eigenvalue weighted by Crippen LogP contribution is 2.40. The maximum Gasteiger partial charge on any atom is 0.229 e. The van der Waals surface area contributed by atoms with Crippen molar-refractivity contribution in [3.63, 3.8) is 0 Å². The van der Waals surface area contributed by atoms with E-state index < -0.39 is 0 Å². The average Bonchev–Trinajstić information content (AvgIpc) is 3.29. The number of benzene rings is 1. The molecule has 1 aliphatic heterocycles. The number of nitrogens with one attached hydrogen (secondary N) is 1. The van der Waals surface area contributed by atoms with Gasteiger partial charge >= 0.3 is 0 Å². The zero-order chi connectivity index (χ0) is 18.4. The van der Waals surface area contributed by atoms with E-state index in [9.17, 15) is 9.59 Å². The van der Waals surface area contributed by atoms with Crippen LogP contribution >= 0.6 is 11.3 Å². The van der Waals surface area contributed by atoms with E-state index in [1.807, 2.05) is 17.5 Å². The molecule has 0 spiro atoms.